The van der Waals surface area contributed by atoms with E-state index in [2.05, 4.69) is 20.9 Å². The molecule has 10 heteroatoms. The number of imidazole rings is 1. The van der Waals surface area contributed by atoms with E-state index in [1.54, 1.807) is 19.6 Å². The number of ether oxygens (including phenoxy) is 1. The predicted molar refractivity (Wildman–Crippen MR) is 147 cm³/mol. The number of urea groups is 1. The Balaban J connectivity index is 1.66. The SMILES string of the molecule is COc1ccc(C(C2CCCCC2)C(NC(=O)NCCc2cncn2C)C(=O)C2(C(=O)O)CCNCC2)cc1. The first-order valence-corrected chi connectivity index (χ1v) is 14.0. The second kappa shape index (κ2) is 13.1. The Morgan fingerprint density at radius 3 is 2.44 bits per heavy atom. The summed E-state index contributed by atoms with van der Waals surface area (Å²) in [7, 11) is 3.50. The molecule has 1 saturated heterocycles. The maximum atomic E-state index is 14.4. The summed E-state index contributed by atoms with van der Waals surface area (Å²) in [5, 5.41) is 19.4. The van der Waals surface area contributed by atoms with Gasteiger partial charge in [0, 0.05) is 37.8 Å². The lowest BCUT2D eigenvalue weighted by Gasteiger charge is -2.41. The third-order valence-electron chi connectivity index (χ3n) is 8.51. The number of methoxy groups -OCH3 is 1. The maximum Gasteiger partial charge on any atom is 0.317 e. The molecule has 2 heterocycles. The first-order chi connectivity index (χ1) is 18.9. The number of carboxylic acid groups (broad SMARTS) is 1. The molecule has 1 aromatic carbocycles. The second-order valence-corrected chi connectivity index (χ2v) is 10.8. The van der Waals surface area contributed by atoms with Gasteiger partial charge in [0.15, 0.2) is 5.78 Å². The molecule has 4 rings (SSSR count). The van der Waals surface area contributed by atoms with Gasteiger partial charge >= 0.3 is 12.0 Å². The van der Waals surface area contributed by atoms with Crippen molar-refractivity contribution in [1.29, 1.82) is 0 Å². The Morgan fingerprint density at radius 2 is 1.85 bits per heavy atom. The van der Waals surface area contributed by atoms with E-state index in [4.69, 9.17) is 4.74 Å². The molecule has 1 aliphatic heterocycles. The molecule has 2 aromatic rings. The lowest BCUT2D eigenvalue weighted by Crippen LogP contribution is -2.59. The van der Waals surface area contributed by atoms with Crippen LogP contribution in [0.25, 0.3) is 0 Å². The first-order valence-electron chi connectivity index (χ1n) is 14.0. The molecule has 1 aromatic heterocycles. The van der Waals surface area contributed by atoms with Crippen LogP contribution in [-0.4, -0.2) is 65.2 Å². The van der Waals surface area contributed by atoms with Crippen molar-refractivity contribution in [2.75, 3.05) is 26.7 Å². The quantitative estimate of drug-likeness (QED) is 0.323. The molecular weight excluding hydrogens is 498 g/mol. The van der Waals surface area contributed by atoms with Gasteiger partial charge in [-0.25, -0.2) is 9.78 Å². The van der Waals surface area contributed by atoms with Crippen molar-refractivity contribution in [3.63, 3.8) is 0 Å². The van der Waals surface area contributed by atoms with E-state index in [1.807, 2.05) is 35.9 Å². The highest BCUT2D eigenvalue weighted by molar-refractivity contribution is 6.07. The predicted octanol–water partition coefficient (Wildman–Crippen LogP) is 3.03. The second-order valence-electron chi connectivity index (χ2n) is 10.8. The van der Waals surface area contributed by atoms with Gasteiger partial charge in [0.2, 0.25) is 0 Å². The van der Waals surface area contributed by atoms with Gasteiger partial charge in [0.25, 0.3) is 0 Å². The van der Waals surface area contributed by atoms with E-state index < -0.39 is 29.2 Å². The van der Waals surface area contributed by atoms with Crippen LogP contribution in [-0.2, 0) is 23.1 Å². The summed E-state index contributed by atoms with van der Waals surface area (Å²) in [4.78, 5) is 44.4. The number of aryl methyl sites for hydroxylation is 1. The first kappa shape index (κ1) is 28.6. The molecule has 2 aliphatic rings. The number of nitrogens with zero attached hydrogens (tertiary/aromatic N) is 2. The lowest BCUT2D eigenvalue weighted by molar-refractivity contribution is -0.158. The van der Waals surface area contributed by atoms with Crippen LogP contribution in [0, 0.1) is 11.3 Å². The molecule has 0 radical (unpaired) electrons. The number of Topliss-reactive ketones (excluding diaryl/α,β-unsaturated/α-hetero) is 1. The Labute approximate surface area is 229 Å². The minimum Gasteiger partial charge on any atom is -0.497 e. The molecule has 2 unspecified atom stereocenters. The van der Waals surface area contributed by atoms with Gasteiger partial charge in [-0.05, 0) is 62.4 Å². The van der Waals surface area contributed by atoms with Crippen molar-refractivity contribution >= 4 is 17.8 Å². The van der Waals surface area contributed by atoms with Crippen LogP contribution in [0.1, 0.15) is 62.1 Å². The molecule has 212 valence electrons. The molecule has 1 saturated carbocycles. The summed E-state index contributed by atoms with van der Waals surface area (Å²) >= 11 is 0. The average molecular weight is 540 g/mol. The number of carboxylic acids is 1. The van der Waals surface area contributed by atoms with Crippen LogP contribution in [0.4, 0.5) is 4.79 Å². The fraction of sp³-hybridized carbons (Fsp3) is 0.586. The van der Waals surface area contributed by atoms with Gasteiger partial charge in [-0.15, -0.1) is 0 Å². The van der Waals surface area contributed by atoms with Gasteiger partial charge in [-0.1, -0.05) is 31.4 Å². The molecule has 2 amide bonds. The summed E-state index contributed by atoms with van der Waals surface area (Å²) < 4.78 is 7.25. The number of aromatic nitrogens is 2. The van der Waals surface area contributed by atoms with E-state index in [9.17, 15) is 19.5 Å². The highest BCUT2D eigenvalue weighted by Gasteiger charge is 2.52. The fourth-order valence-corrected chi connectivity index (χ4v) is 6.21. The number of carbonyl (C=O) groups is 3. The van der Waals surface area contributed by atoms with Crippen molar-refractivity contribution in [2.45, 2.75) is 63.3 Å². The zero-order valence-electron chi connectivity index (χ0n) is 22.9. The Morgan fingerprint density at radius 1 is 1.15 bits per heavy atom. The van der Waals surface area contributed by atoms with Gasteiger partial charge in [0.05, 0.1) is 19.5 Å². The van der Waals surface area contributed by atoms with Crippen LogP contribution in [0.2, 0.25) is 0 Å². The van der Waals surface area contributed by atoms with Gasteiger partial charge in [-0.3, -0.25) is 9.59 Å². The molecule has 0 bridgehead atoms. The maximum absolute atomic E-state index is 14.4. The fourth-order valence-electron chi connectivity index (χ4n) is 6.21. The molecule has 4 N–H and O–H groups in total. The highest BCUT2D eigenvalue weighted by atomic mass is 16.5. The van der Waals surface area contributed by atoms with Crippen LogP contribution in [0.15, 0.2) is 36.8 Å². The minimum absolute atomic E-state index is 0.142. The van der Waals surface area contributed by atoms with Crippen LogP contribution < -0.4 is 20.7 Å². The third kappa shape index (κ3) is 6.61. The number of hydrogen-bond donors (Lipinski definition) is 4. The van der Waals surface area contributed by atoms with E-state index in [1.165, 1.54) is 0 Å². The number of aliphatic carboxylic acids is 1. The van der Waals surface area contributed by atoms with Crippen LogP contribution in [0.3, 0.4) is 0 Å². The van der Waals surface area contributed by atoms with E-state index in [-0.39, 0.29) is 24.7 Å². The lowest BCUT2D eigenvalue weighted by atomic mass is 9.66. The van der Waals surface area contributed by atoms with Crippen LogP contribution in [0.5, 0.6) is 5.75 Å². The van der Waals surface area contributed by atoms with Gasteiger partial charge in [-0.2, -0.15) is 0 Å². The minimum atomic E-state index is -1.54. The number of hydrogen-bond acceptors (Lipinski definition) is 6. The summed E-state index contributed by atoms with van der Waals surface area (Å²) in [5.41, 5.74) is 0.337. The number of piperidine rings is 1. The summed E-state index contributed by atoms with van der Waals surface area (Å²) in [6.07, 6.45) is 9.50. The van der Waals surface area contributed by atoms with Gasteiger partial charge < -0.3 is 30.4 Å². The Bertz CT molecular complexity index is 1120. The smallest absolute Gasteiger partial charge is 0.317 e. The van der Waals surface area contributed by atoms with Gasteiger partial charge in [0.1, 0.15) is 11.2 Å². The normalized spacial score (nSPS) is 19.0. The number of amides is 2. The van der Waals surface area contributed by atoms with E-state index >= 15 is 0 Å². The topological polar surface area (TPSA) is 135 Å². The van der Waals surface area contributed by atoms with Crippen LogP contribution >= 0.6 is 0 Å². The molecule has 2 atom stereocenters. The standard InChI is InChI=1S/C29H41N5O5/c1-34-19-31-18-22(34)12-15-32-28(38)33-25(26(35)29(27(36)37)13-16-30-17-14-29)24(20-6-4-3-5-7-20)21-8-10-23(39-2)11-9-21/h8-11,18-20,24-25,30H,3-7,12-17H2,1-2H3,(H,36,37)(H2,32,33,38). The van der Waals surface area contributed by atoms with Crippen molar-refractivity contribution in [3.05, 3.63) is 48.0 Å². The van der Waals surface area contributed by atoms with E-state index in [0.717, 1.165) is 43.4 Å². The molecular formula is C29H41N5O5. The van der Waals surface area contributed by atoms with Crippen molar-refractivity contribution in [2.24, 2.45) is 18.4 Å². The molecule has 0 spiro atoms. The number of carbonyl (C=O) groups excluding carboxylic acids is 2. The summed E-state index contributed by atoms with van der Waals surface area (Å²) in [6, 6.07) is 6.15. The number of rotatable bonds is 11. The molecule has 10 nitrogen and oxygen atoms in total. The summed E-state index contributed by atoms with van der Waals surface area (Å²) in [6.45, 7) is 1.24. The zero-order valence-corrected chi connectivity index (χ0v) is 22.9. The largest absolute Gasteiger partial charge is 0.497 e. The molecule has 1 aliphatic carbocycles. The average Bonchev–Trinajstić information content (AvgIpc) is 3.37. The zero-order chi connectivity index (χ0) is 27.8. The highest BCUT2D eigenvalue weighted by Crippen LogP contribution is 2.42. The monoisotopic (exact) mass is 539 g/mol. The number of benzene rings is 1. The van der Waals surface area contributed by atoms with E-state index in [0.29, 0.717) is 31.8 Å². The van der Waals surface area contributed by atoms with Crippen molar-refractivity contribution in [3.8, 4) is 5.75 Å². The van der Waals surface area contributed by atoms with Crippen molar-refractivity contribution < 1.29 is 24.2 Å². The molecule has 2 fully saturated rings. The number of ketones is 1. The Hall–Kier alpha value is -3.40. The van der Waals surface area contributed by atoms with Crippen molar-refractivity contribution in [1.82, 2.24) is 25.5 Å². The third-order valence-corrected chi connectivity index (χ3v) is 8.51. The number of nitrogens with one attached hydrogen (secondary N) is 3. The Kier molecular flexibility index (Phi) is 9.61. The molecule has 39 heavy (non-hydrogen) atoms. The summed E-state index contributed by atoms with van der Waals surface area (Å²) in [5.74, 6) is -1.04.